The number of urea groups is 1. The van der Waals surface area contributed by atoms with Crippen LogP contribution >= 0.6 is 11.3 Å². The first-order valence-corrected chi connectivity index (χ1v) is 10.8. The number of carbonyl (C=O) groups is 1. The molecular weight excluding hydrogens is 428 g/mol. The molecule has 164 valence electrons. The van der Waals surface area contributed by atoms with E-state index in [1.807, 2.05) is 31.2 Å². The summed E-state index contributed by atoms with van der Waals surface area (Å²) in [7, 11) is 1.59. The van der Waals surface area contributed by atoms with Gasteiger partial charge in [0.1, 0.15) is 11.9 Å². The number of aromatic nitrogens is 4. The molecule has 9 nitrogen and oxygen atoms in total. The van der Waals surface area contributed by atoms with Crippen LogP contribution in [0.15, 0.2) is 42.9 Å². The van der Waals surface area contributed by atoms with Gasteiger partial charge in [0, 0.05) is 30.1 Å². The predicted octanol–water partition coefficient (Wildman–Crippen LogP) is 4.02. The number of methoxy groups -OCH3 is 1. The third-order valence-corrected chi connectivity index (χ3v) is 5.69. The molecule has 0 spiro atoms. The van der Waals surface area contributed by atoms with E-state index in [9.17, 15) is 9.90 Å². The minimum Gasteiger partial charge on any atom is -0.495 e. The van der Waals surface area contributed by atoms with Crippen molar-refractivity contribution < 1.29 is 14.6 Å². The molecule has 0 bridgehead atoms. The van der Waals surface area contributed by atoms with Crippen LogP contribution in [0, 0.1) is 0 Å². The average Bonchev–Trinajstić information content (AvgIpc) is 3.21. The molecule has 0 aliphatic heterocycles. The van der Waals surface area contributed by atoms with Gasteiger partial charge in [-0.15, -0.1) is 0 Å². The quantitative estimate of drug-likeness (QED) is 0.405. The molecule has 1 atom stereocenters. The zero-order valence-corrected chi connectivity index (χ0v) is 18.6. The second-order valence-corrected chi connectivity index (χ2v) is 7.96. The van der Waals surface area contributed by atoms with Crippen molar-refractivity contribution in [3.8, 4) is 28.1 Å². The predicted molar refractivity (Wildman–Crippen MR) is 124 cm³/mol. The number of nitrogens with zero attached hydrogens (tertiary/aromatic N) is 4. The summed E-state index contributed by atoms with van der Waals surface area (Å²) in [4.78, 5) is 29.6. The van der Waals surface area contributed by atoms with E-state index in [2.05, 4.69) is 30.6 Å². The summed E-state index contributed by atoms with van der Waals surface area (Å²) in [5.74, 6) is 1.01. The lowest BCUT2D eigenvalue weighted by molar-refractivity contribution is 0.189. The Bertz CT molecular complexity index is 1240. The lowest BCUT2D eigenvalue weighted by Crippen LogP contribution is -2.28. The molecule has 1 aromatic carbocycles. The number of fused-ring (bicyclic) bond motifs is 1. The fourth-order valence-electron chi connectivity index (χ4n) is 3.11. The molecule has 0 fully saturated rings. The molecular formula is C22H22N6O3S. The Morgan fingerprint density at radius 2 is 1.94 bits per heavy atom. The molecule has 2 amide bonds. The lowest BCUT2D eigenvalue weighted by atomic mass is 10.0. The van der Waals surface area contributed by atoms with E-state index in [0.29, 0.717) is 28.8 Å². The molecule has 3 N–H and O–H groups in total. The van der Waals surface area contributed by atoms with Gasteiger partial charge >= 0.3 is 6.03 Å². The first kappa shape index (κ1) is 21.6. The van der Waals surface area contributed by atoms with Crippen LogP contribution in [0.25, 0.3) is 32.6 Å². The standard InChI is InChI=1S/C22H22N6O3S/c1-4-23-21(30)28-22-27-18-8-13(14-9-25-20(12(2)29)26-10-14)7-16(19(18)32-22)17-6-5-15(31-3)11-24-17/h5-12,29H,4H2,1-3H3,(H2,23,27,28,30)/t12-/m1/s1. The van der Waals surface area contributed by atoms with Gasteiger partial charge in [-0.25, -0.2) is 19.7 Å². The molecule has 3 heterocycles. The van der Waals surface area contributed by atoms with Crippen LogP contribution in [-0.2, 0) is 0 Å². The van der Waals surface area contributed by atoms with Crippen LogP contribution in [-0.4, -0.2) is 44.7 Å². The summed E-state index contributed by atoms with van der Waals surface area (Å²) in [6.07, 6.45) is 4.25. The third-order valence-electron chi connectivity index (χ3n) is 4.67. The highest BCUT2D eigenvalue weighted by Crippen LogP contribution is 2.38. The van der Waals surface area contributed by atoms with Crippen LogP contribution in [0.2, 0.25) is 0 Å². The molecule has 0 radical (unpaired) electrons. The van der Waals surface area contributed by atoms with Crippen LogP contribution in [0.5, 0.6) is 5.75 Å². The molecule has 4 aromatic rings. The van der Waals surface area contributed by atoms with Crippen molar-refractivity contribution in [2.24, 2.45) is 0 Å². The molecule has 0 unspecified atom stereocenters. The van der Waals surface area contributed by atoms with Gasteiger partial charge in [0.2, 0.25) is 0 Å². The van der Waals surface area contributed by atoms with Crippen LogP contribution in [0.4, 0.5) is 9.93 Å². The summed E-state index contributed by atoms with van der Waals surface area (Å²) in [5.41, 5.74) is 3.94. The Labute approximate surface area is 188 Å². The van der Waals surface area contributed by atoms with Crippen molar-refractivity contribution in [3.05, 3.63) is 48.7 Å². The number of rotatable bonds is 6. The van der Waals surface area contributed by atoms with E-state index >= 15 is 0 Å². The lowest BCUT2D eigenvalue weighted by Gasteiger charge is -2.08. The van der Waals surface area contributed by atoms with E-state index in [1.165, 1.54) is 11.3 Å². The topological polar surface area (TPSA) is 122 Å². The maximum atomic E-state index is 12.0. The monoisotopic (exact) mass is 450 g/mol. The maximum absolute atomic E-state index is 12.0. The molecule has 3 aromatic heterocycles. The molecule has 32 heavy (non-hydrogen) atoms. The van der Waals surface area contributed by atoms with Gasteiger partial charge < -0.3 is 15.2 Å². The largest absolute Gasteiger partial charge is 0.495 e. The van der Waals surface area contributed by atoms with Crippen molar-refractivity contribution in [1.82, 2.24) is 25.3 Å². The normalized spacial score (nSPS) is 11.9. The maximum Gasteiger partial charge on any atom is 0.321 e. The molecule has 10 heteroatoms. The Morgan fingerprint density at radius 1 is 1.16 bits per heavy atom. The summed E-state index contributed by atoms with van der Waals surface area (Å²) in [6.45, 7) is 3.99. The molecule has 0 aliphatic rings. The number of aliphatic hydroxyl groups is 1. The van der Waals surface area contributed by atoms with Crippen LogP contribution in [0.1, 0.15) is 25.8 Å². The van der Waals surface area contributed by atoms with Gasteiger partial charge in [-0.3, -0.25) is 10.3 Å². The Morgan fingerprint density at radius 3 is 2.56 bits per heavy atom. The molecule has 0 saturated carbocycles. The number of aliphatic hydroxyl groups excluding tert-OH is 1. The second kappa shape index (κ2) is 9.25. The number of amides is 2. The van der Waals surface area contributed by atoms with Gasteiger partial charge in [-0.1, -0.05) is 11.3 Å². The number of anilines is 1. The first-order valence-electron chi connectivity index (χ1n) is 9.98. The minimum absolute atomic E-state index is 0.307. The van der Waals surface area contributed by atoms with Gasteiger partial charge in [0.15, 0.2) is 11.0 Å². The van der Waals surface area contributed by atoms with Crippen molar-refractivity contribution >= 4 is 32.7 Å². The third kappa shape index (κ3) is 4.51. The van der Waals surface area contributed by atoms with Gasteiger partial charge in [-0.05, 0) is 43.7 Å². The van der Waals surface area contributed by atoms with E-state index in [0.717, 1.165) is 27.1 Å². The second-order valence-electron chi connectivity index (χ2n) is 6.96. The van der Waals surface area contributed by atoms with E-state index in [4.69, 9.17) is 4.74 Å². The number of nitrogens with one attached hydrogen (secondary N) is 2. The fraction of sp³-hybridized carbons (Fsp3) is 0.227. The van der Waals surface area contributed by atoms with Gasteiger partial charge in [0.25, 0.3) is 0 Å². The first-order chi connectivity index (χ1) is 15.5. The highest BCUT2D eigenvalue weighted by atomic mass is 32.1. The number of hydrogen-bond donors (Lipinski definition) is 3. The Kier molecular flexibility index (Phi) is 6.24. The highest BCUT2D eigenvalue weighted by Gasteiger charge is 2.16. The van der Waals surface area contributed by atoms with Crippen molar-refractivity contribution in [2.75, 3.05) is 19.0 Å². The highest BCUT2D eigenvalue weighted by molar-refractivity contribution is 7.22. The van der Waals surface area contributed by atoms with Gasteiger partial charge in [0.05, 0.1) is 29.2 Å². The minimum atomic E-state index is -0.743. The Hall–Kier alpha value is -3.63. The summed E-state index contributed by atoms with van der Waals surface area (Å²) >= 11 is 1.37. The van der Waals surface area contributed by atoms with E-state index < -0.39 is 6.10 Å². The van der Waals surface area contributed by atoms with E-state index in [-0.39, 0.29) is 6.03 Å². The smallest absolute Gasteiger partial charge is 0.321 e. The van der Waals surface area contributed by atoms with Crippen molar-refractivity contribution in [1.29, 1.82) is 0 Å². The number of ether oxygens (including phenoxy) is 1. The van der Waals surface area contributed by atoms with Crippen molar-refractivity contribution in [2.45, 2.75) is 20.0 Å². The molecule has 4 rings (SSSR count). The molecule has 0 saturated heterocycles. The molecule has 0 aliphatic carbocycles. The van der Waals surface area contributed by atoms with Gasteiger partial charge in [-0.2, -0.15) is 0 Å². The summed E-state index contributed by atoms with van der Waals surface area (Å²) in [6, 6.07) is 7.32. The van der Waals surface area contributed by atoms with Crippen LogP contribution < -0.4 is 15.4 Å². The van der Waals surface area contributed by atoms with Crippen molar-refractivity contribution in [3.63, 3.8) is 0 Å². The zero-order valence-electron chi connectivity index (χ0n) is 17.8. The van der Waals surface area contributed by atoms with E-state index in [1.54, 1.807) is 32.6 Å². The number of carbonyl (C=O) groups excluding carboxylic acids is 1. The Balaban J connectivity index is 1.83. The fourth-order valence-corrected chi connectivity index (χ4v) is 4.07. The number of pyridine rings is 1. The number of benzene rings is 1. The summed E-state index contributed by atoms with van der Waals surface area (Å²) < 4.78 is 6.11. The SMILES string of the molecule is CCNC(=O)Nc1nc2cc(-c3cnc([C@@H](C)O)nc3)cc(-c3ccc(OC)cn3)c2s1. The van der Waals surface area contributed by atoms with Crippen LogP contribution in [0.3, 0.4) is 0 Å². The number of hydrogen-bond acceptors (Lipinski definition) is 8. The summed E-state index contributed by atoms with van der Waals surface area (Å²) in [5, 5.41) is 15.6. The number of thiazole rings is 1. The average molecular weight is 451 g/mol. The zero-order chi connectivity index (χ0) is 22.7.